The second-order valence-corrected chi connectivity index (χ2v) is 15.4. The van der Waals surface area contributed by atoms with Crippen molar-refractivity contribution in [3.05, 3.63) is 22.4 Å². The predicted molar refractivity (Wildman–Crippen MR) is 73.2 cm³/mol. The van der Waals surface area contributed by atoms with Crippen molar-refractivity contribution in [2.45, 2.75) is 53.1 Å². The summed E-state index contributed by atoms with van der Waals surface area (Å²) in [6.07, 6.45) is 0. The zero-order chi connectivity index (χ0) is 12.3. The molecule has 0 aromatic carbocycles. The Morgan fingerprint density at radius 2 is 1.33 bits per heavy atom. The van der Waals surface area contributed by atoms with Crippen LogP contribution in [0, 0.1) is 0 Å². The van der Waals surface area contributed by atoms with Crippen LogP contribution in [-0.4, -0.2) is 16.4 Å². The second-order valence-electron chi connectivity index (χ2n) is 6.04. The lowest BCUT2D eigenvalue weighted by atomic mass is 10.4. The van der Waals surface area contributed by atoms with Gasteiger partial charge >= 0.3 is 0 Å². The van der Waals surface area contributed by atoms with Crippen molar-refractivity contribution in [3.63, 3.8) is 0 Å². The van der Waals surface area contributed by atoms with Gasteiger partial charge in [0, 0.05) is 0 Å². The number of hydrogen-bond acceptors (Lipinski definition) is 1. The van der Waals surface area contributed by atoms with E-state index in [0.29, 0.717) is 0 Å². The molecule has 0 saturated carbocycles. The highest BCUT2D eigenvalue weighted by atomic mass is 28.4. The van der Waals surface area contributed by atoms with Gasteiger partial charge in [-0.25, -0.2) is 0 Å². The van der Waals surface area contributed by atoms with Gasteiger partial charge in [-0.05, 0) is 44.8 Å². The molecule has 0 aromatic heterocycles. The molecule has 0 unspecified atom stereocenters. The van der Waals surface area contributed by atoms with Gasteiger partial charge in [0.25, 0.3) is 0 Å². The van der Waals surface area contributed by atoms with Crippen molar-refractivity contribution in [2.24, 2.45) is 0 Å². The third kappa shape index (κ3) is 7.46. The lowest BCUT2D eigenvalue weighted by molar-refractivity contribution is 0.454. The summed E-state index contributed by atoms with van der Waals surface area (Å²) in [5.41, 5.74) is 7.50. The average Bonchev–Trinajstić information content (AvgIpc) is 1.93. The molecule has 86 valence electrons. The zero-order valence-corrected chi connectivity index (χ0v) is 13.4. The molecule has 3 heteroatoms. The fourth-order valence-electron chi connectivity index (χ4n) is 0.854. The number of rotatable bonds is 3. The van der Waals surface area contributed by atoms with Gasteiger partial charge in [0.15, 0.2) is 0 Å². The fraction of sp³-hybridized carbons (Fsp3) is 0.667. The SMILES string of the molecule is CC(C)=C=C=C(O[Si](C)(C)C)[Si](C)(C)C. The molecule has 0 radical (unpaired) electrons. The van der Waals surface area contributed by atoms with Crippen LogP contribution in [0.3, 0.4) is 0 Å². The highest BCUT2D eigenvalue weighted by Gasteiger charge is 2.27. The third-order valence-corrected chi connectivity index (χ3v) is 4.13. The molecule has 0 rings (SSSR count). The molecule has 0 saturated heterocycles. The fourth-order valence-corrected chi connectivity index (χ4v) is 4.10. The van der Waals surface area contributed by atoms with E-state index in [2.05, 4.69) is 50.7 Å². The highest BCUT2D eigenvalue weighted by Crippen LogP contribution is 2.19. The van der Waals surface area contributed by atoms with Gasteiger partial charge in [0.2, 0.25) is 8.32 Å². The molecule has 1 nitrogen and oxygen atoms in total. The summed E-state index contributed by atoms with van der Waals surface area (Å²) in [4.78, 5) is 0. The van der Waals surface area contributed by atoms with E-state index in [-0.39, 0.29) is 0 Å². The Kier molecular flexibility index (Phi) is 4.89. The maximum atomic E-state index is 6.08. The molecule has 0 bridgehead atoms. The largest absolute Gasteiger partial charge is 0.545 e. The maximum absolute atomic E-state index is 6.08. The van der Waals surface area contributed by atoms with Gasteiger partial charge in [-0.15, -0.1) is 0 Å². The average molecular weight is 240 g/mol. The molecular formula is C12H24OSi2. The van der Waals surface area contributed by atoms with Crippen LogP contribution in [0.2, 0.25) is 39.3 Å². The van der Waals surface area contributed by atoms with Crippen molar-refractivity contribution in [3.8, 4) is 0 Å². The predicted octanol–water partition coefficient (Wildman–Crippen LogP) is 4.32. The van der Waals surface area contributed by atoms with Crippen LogP contribution in [0.25, 0.3) is 0 Å². The van der Waals surface area contributed by atoms with E-state index >= 15 is 0 Å². The Morgan fingerprint density at radius 1 is 0.867 bits per heavy atom. The first-order valence-electron chi connectivity index (χ1n) is 5.41. The summed E-state index contributed by atoms with van der Waals surface area (Å²) < 4.78 is 6.08. The topological polar surface area (TPSA) is 9.23 Å². The van der Waals surface area contributed by atoms with Crippen molar-refractivity contribution in [1.29, 1.82) is 0 Å². The van der Waals surface area contributed by atoms with Gasteiger partial charge in [0.05, 0.1) is 0 Å². The van der Waals surface area contributed by atoms with Gasteiger partial charge < -0.3 is 4.43 Å². The molecule has 15 heavy (non-hydrogen) atoms. The Hall–Kier alpha value is -0.466. The molecule has 0 atom stereocenters. The maximum Gasteiger partial charge on any atom is 0.242 e. The van der Waals surface area contributed by atoms with E-state index in [1.165, 1.54) is 0 Å². The van der Waals surface area contributed by atoms with E-state index in [9.17, 15) is 0 Å². The van der Waals surface area contributed by atoms with Crippen LogP contribution < -0.4 is 0 Å². The minimum atomic E-state index is -1.52. The van der Waals surface area contributed by atoms with Crippen molar-refractivity contribution in [1.82, 2.24) is 0 Å². The molecule has 0 aliphatic rings. The summed E-state index contributed by atoms with van der Waals surface area (Å²) in [5.74, 6) is 0. The first kappa shape index (κ1) is 14.5. The summed E-state index contributed by atoms with van der Waals surface area (Å²) in [6.45, 7) is 17.5. The van der Waals surface area contributed by atoms with Crippen molar-refractivity contribution < 1.29 is 4.43 Å². The standard InChI is InChI=1S/C12H24OSi2/c1-11(2)9-10-12(14(3,4)5)13-15(6,7)8/h1-8H3. The van der Waals surface area contributed by atoms with Crippen LogP contribution in [0.15, 0.2) is 22.4 Å². The number of allylic oxidation sites excluding steroid dienone is 1. The summed E-state index contributed by atoms with van der Waals surface area (Å²) in [6, 6.07) is 0. The monoisotopic (exact) mass is 240 g/mol. The Balaban J connectivity index is 5.30. The van der Waals surface area contributed by atoms with E-state index in [4.69, 9.17) is 4.43 Å². The van der Waals surface area contributed by atoms with Gasteiger partial charge in [-0.3, -0.25) is 0 Å². The van der Waals surface area contributed by atoms with Crippen LogP contribution in [0.4, 0.5) is 0 Å². The normalized spacial score (nSPS) is 11.5. The molecule has 0 aromatic rings. The lowest BCUT2D eigenvalue weighted by Gasteiger charge is -2.27. The third-order valence-electron chi connectivity index (χ3n) is 1.52. The first-order chi connectivity index (χ1) is 6.52. The molecule has 0 heterocycles. The van der Waals surface area contributed by atoms with Gasteiger partial charge in [0.1, 0.15) is 13.5 Å². The Morgan fingerprint density at radius 3 is 1.60 bits per heavy atom. The molecular weight excluding hydrogens is 216 g/mol. The van der Waals surface area contributed by atoms with Gasteiger partial charge in [-0.2, -0.15) is 0 Å². The molecule has 0 N–H and O–H groups in total. The van der Waals surface area contributed by atoms with Crippen molar-refractivity contribution in [2.75, 3.05) is 0 Å². The Labute approximate surface area is 96.7 Å². The van der Waals surface area contributed by atoms with Crippen LogP contribution >= 0.6 is 0 Å². The smallest absolute Gasteiger partial charge is 0.242 e. The summed E-state index contributed by atoms with van der Waals surface area (Å²) >= 11 is 0. The quantitative estimate of drug-likeness (QED) is 0.405. The molecule has 0 amide bonds. The summed E-state index contributed by atoms with van der Waals surface area (Å²) in [5, 5.41) is 1.06. The van der Waals surface area contributed by atoms with E-state index < -0.39 is 16.4 Å². The minimum absolute atomic E-state index is 1.06. The van der Waals surface area contributed by atoms with Crippen LogP contribution in [0.1, 0.15) is 13.8 Å². The first-order valence-corrected chi connectivity index (χ1v) is 12.3. The highest BCUT2D eigenvalue weighted by molar-refractivity contribution is 6.84. The van der Waals surface area contributed by atoms with Crippen LogP contribution in [-0.2, 0) is 4.43 Å². The second kappa shape index (κ2) is 5.04. The van der Waals surface area contributed by atoms with E-state index in [1.54, 1.807) is 0 Å². The molecule has 0 spiro atoms. The molecule has 0 fully saturated rings. The van der Waals surface area contributed by atoms with E-state index in [0.717, 1.165) is 11.0 Å². The summed E-state index contributed by atoms with van der Waals surface area (Å²) in [7, 11) is -2.94. The van der Waals surface area contributed by atoms with E-state index in [1.807, 2.05) is 13.8 Å². The minimum Gasteiger partial charge on any atom is -0.545 e. The van der Waals surface area contributed by atoms with Crippen molar-refractivity contribution >= 4 is 16.4 Å². The molecule has 0 aliphatic carbocycles. The lowest BCUT2D eigenvalue weighted by Crippen LogP contribution is -2.34. The zero-order valence-electron chi connectivity index (χ0n) is 11.4. The Bertz CT molecular complexity index is 313. The van der Waals surface area contributed by atoms with Crippen LogP contribution in [0.5, 0.6) is 0 Å². The van der Waals surface area contributed by atoms with Gasteiger partial charge in [-0.1, -0.05) is 25.4 Å². The number of hydrogen-bond donors (Lipinski definition) is 0. The molecule has 0 aliphatic heterocycles.